The molecule has 6 heteroatoms. The van der Waals surface area contributed by atoms with Crippen LogP contribution in [0.4, 0.5) is 5.13 Å². The van der Waals surface area contributed by atoms with Gasteiger partial charge in [0.25, 0.3) is 0 Å². The van der Waals surface area contributed by atoms with E-state index in [1.165, 1.54) is 0 Å². The molecule has 2 rings (SSSR count). The summed E-state index contributed by atoms with van der Waals surface area (Å²) in [5.41, 5.74) is 1.12. The van der Waals surface area contributed by atoms with Crippen LogP contribution in [0.25, 0.3) is 0 Å². The molecule has 5 nitrogen and oxygen atoms in total. The number of hydrogen-bond acceptors (Lipinski definition) is 5. The number of nitrogens with zero attached hydrogens (tertiary/aromatic N) is 4. The van der Waals surface area contributed by atoms with Gasteiger partial charge in [-0.05, 0) is 14.0 Å². The van der Waals surface area contributed by atoms with Crippen LogP contribution in [-0.2, 0) is 13.1 Å². The van der Waals surface area contributed by atoms with Crippen molar-refractivity contribution < 1.29 is 0 Å². The SMILES string of the molecule is CNc1nc(CN(C)CCn2ccnc2C)cs1. The lowest BCUT2D eigenvalue weighted by Crippen LogP contribution is -2.23. The minimum absolute atomic E-state index is 0.881. The van der Waals surface area contributed by atoms with Gasteiger partial charge in [0.05, 0.1) is 5.69 Å². The molecule has 0 unspecified atom stereocenters. The fraction of sp³-hybridized carbons (Fsp3) is 0.500. The molecule has 2 aromatic rings. The Hall–Kier alpha value is -1.40. The number of likely N-dealkylation sites (N-methyl/N-ethyl adjacent to an activating group) is 1. The Bertz CT molecular complexity index is 490. The van der Waals surface area contributed by atoms with Crippen molar-refractivity contribution in [3.63, 3.8) is 0 Å². The van der Waals surface area contributed by atoms with Gasteiger partial charge < -0.3 is 9.88 Å². The zero-order chi connectivity index (χ0) is 13.0. The molecule has 0 atom stereocenters. The standard InChI is InChI=1S/C12H19N5S/c1-10-14-4-5-17(10)7-6-16(3)8-11-9-18-12(13-2)15-11/h4-5,9H,6-8H2,1-3H3,(H,13,15). The summed E-state index contributed by atoms with van der Waals surface area (Å²) in [5, 5.41) is 6.14. The normalized spacial score (nSPS) is 11.1. The molecule has 0 spiro atoms. The van der Waals surface area contributed by atoms with Gasteiger partial charge >= 0.3 is 0 Å². The number of imidazole rings is 1. The second kappa shape index (κ2) is 5.97. The summed E-state index contributed by atoms with van der Waals surface area (Å²) >= 11 is 1.65. The molecule has 0 bridgehead atoms. The molecule has 0 saturated carbocycles. The maximum Gasteiger partial charge on any atom is 0.182 e. The number of nitrogens with one attached hydrogen (secondary N) is 1. The molecular weight excluding hydrogens is 246 g/mol. The number of aryl methyl sites for hydroxylation is 1. The molecule has 0 fully saturated rings. The van der Waals surface area contributed by atoms with Gasteiger partial charge in [-0.2, -0.15) is 0 Å². The number of anilines is 1. The summed E-state index contributed by atoms with van der Waals surface area (Å²) in [7, 11) is 4.01. The van der Waals surface area contributed by atoms with Crippen molar-refractivity contribution >= 4 is 16.5 Å². The lowest BCUT2D eigenvalue weighted by molar-refractivity contribution is 0.307. The summed E-state index contributed by atoms with van der Waals surface area (Å²) in [6, 6.07) is 0. The Labute approximate surface area is 111 Å². The average Bonchev–Trinajstić information content (AvgIpc) is 2.96. The predicted octanol–water partition coefficient (Wildman–Crippen LogP) is 1.82. The summed E-state index contributed by atoms with van der Waals surface area (Å²) in [6.07, 6.45) is 3.86. The first-order valence-electron chi connectivity index (χ1n) is 5.97. The summed E-state index contributed by atoms with van der Waals surface area (Å²) < 4.78 is 2.16. The molecule has 0 aromatic carbocycles. The van der Waals surface area contributed by atoms with Crippen LogP contribution in [0.3, 0.4) is 0 Å². The van der Waals surface area contributed by atoms with Crippen LogP contribution in [0.15, 0.2) is 17.8 Å². The Kier molecular flexibility index (Phi) is 4.33. The van der Waals surface area contributed by atoms with Crippen LogP contribution >= 0.6 is 11.3 Å². The number of rotatable bonds is 6. The van der Waals surface area contributed by atoms with Crippen molar-refractivity contribution in [2.24, 2.45) is 0 Å². The third kappa shape index (κ3) is 3.30. The van der Waals surface area contributed by atoms with Gasteiger partial charge in [-0.3, -0.25) is 4.90 Å². The molecule has 0 saturated heterocycles. The second-order valence-electron chi connectivity index (χ2n) is 4.30. The van der Waals surface area contributed by atoms with E-state index in [1.807, 2.05) is 26.4 Å². The van der Waals surface area contributed by atoms with Crippen LogP contribution < -0.4 is 5.32 Å². The van der Waals surface area contributed by atoms with Crippen LogP contribution in [0.1, 0.15) is 11.5 Å². The first-order valence-corrected chi connectivity index (χ1v) is 6.85. The van der Waals surface area contributed by atoms with E-state index in [2.05, 4.69) is 37.2 Å². The fourth-order valence-electron chi connectivity index (χ4n) is 1.77. The Morgan fingerprint density at radius 1 is 1.50 bits per heavy atom. The number of hydrogen-bond donors (Lipinski definition) is 1. The smallest absolute Gasteiger partial charge is 0.182 e. The maximum absolute atomic E-state index is 4.48. The minimum Gasteiger partial charge on any atom is -0.365 e. The van der Waals surface area contributed by atoms with E-state index in [1.54, 1.807) is 11.3 Å². The van der Waals surface area contributed by atoms with Gasteiger partial charge in [0.15, 0.2) is 5.13 Å². The Morgan fingerprint density at radius 2 is 2.33 bits per heavy atom. The van der Waals surface area contributed by atoms with Gasteiger partial charge in [-0.15, -0.1) is 11.3 Å². The van der Waals surface area contributed by atoms with Crippen molar-refractivity contribution in [1.29, 1.82) is 0 Å². The maximum atomic E-state index is 4.48. The Morgan fingerprint density at radius 3 is 2.94 bits per heavy atom. The van der Waals surface area contributed by atoms with Crippen LogP contribution in [0.2, 0.25) is 0 Å². The highest BCUT2D eigenvalue weighted by Gasteiger charge is 2.05. The largest absolute Gasteiger partial charge is 0.365 e. The molecule has 18 heavy (non-hydrogen) atoms. The molecule has 1 N–H and O–H groups in total. The van der Waals surface area contributed by atoms with E-state index in [0.29, 0.717) is 0 Å². The predicted molar refractivity (Wildman–Crippen MR) is 75.0 cm³/mol. The molecular formula is C12H19N5S. The van der Waals surface area contributed by atoms with Crippen molar-refractivity contribution in [1.82, 2.24) is 19.4 Å². The first-order chi connectivity index (χ1) is 8.69. The number of aromatic nitrogens is 3. The molecule has 0 aliphatic rings. The average molecular weight is 265 g/mol. The Balaban J connectivity index is 1.81. The highest BCUT2D eigenvalue weighted by molar-refractivity contribution is 7.13. The van der Waals surface area contributed by atoms with E-state index in [-0.39, 0.29) is 0 Å². The van der Waals surface area contributed by atoms with Gasteiger partial charge in [0, 0.05) is 44.5 Å². The van der Waals surface area contributed by atoms with Crippen LogP contribution in [0.5, 0.6) is 0 Å². The van der Waals surface area contributed by atoms with E-state index in [4.69, 9.17) is 0 Å². The molecule has 0 aliphatic carbocycles. The molecule has 98 valence electrons. The first kappa shape index (κ1) is 13.0. The zero-order valence-corrected chi connectivity index (χ0v) is 11.9. The van der Waals surface area contributed by atoms with Crippen LogP contribution in [-0.4, -0.2) is 40.1 Å². The van der Waals surface area contributed by atoms with Crippen molar-refractivity contribution in [3.8, 4) is 0 Å². The van der Waals surface area contributed by atoms with E-state index in [9.17, 15) is 0 Å². The molecule has 2 aromatic heterocycles. The van der Waals surface area contributed by atoms with Gasteiger partial charge in [0.2, 0.25) is 0 Å². The fourth-order valence-corrected chi connectivity index (χ4v) is 2.43. The third-order valence-electron chi connectivity index (χ3n) is 2.84. The summed E-state index contributed by atoms with van der Waals surface area (Å²) in [4.78, 5) is 11.0. The minimum atomic E-state index is 0.881. The molecule has 0 radical (unpaired) electrons. The lowest BCUT2D eigenvalue weighted by Gasteiger charge is -2.16. The van der Waals surface area contributed by atoms with E-state index in [0.717, 1.165) is 36.3 Å². The molecule has 0 amide bonds. The second-order valence-corrected chi connectivity index (χ2v) is 5.16. The monoisotopic (exact) mass is 265 g/mol. The van der Waals surface area contributed by atoms with Gasteiger partial charge in [-0.1, -0.05) is 0 Å². The number of thiazole rings is 1. The highest BCUT2D eigenvalue weighted by Crippen LogP contribution is 2.15. The quantitative estimate of drug-likeness (QED) is 0.865. The van der Waals surface area contributed by atoms with Crippen LogP contribution in [0, 0.1) is 6.92 Å². The van der Waals surface area contributed by atoms with Gasteiger partial charge in [-0.25, -0.2) is 9.97 Å². The van der Waals surface area contributed by atoms with Gasteiger partial charge in [0.1, 0.15) is 5.82 Å². The molecule has 0 aliphatic heterocycles. The molecule has 2 heterocycles. The van der Waals surface area contributed by atoms with Crippen molar-refractivity contribution in [2.45, 2.75) is 20.0 Å². The third-order valence-corrected chi connectivity index (χ3v) is 3.75. The zero-order valence-electron chi connectivity index (χ0n) is 11.1. The van der Waals surface area contributed by atoms with Crippen molar-refractivity contribution in [3.05, 3.63) is 29.3 Å². The lowest BCUT2D eigenvalue weighted by atomic mass is 10.4. The summed E-state index contributed by atoms with van der Waals surface area (Å²) in [5.74, 6) is 1.06. The summed E-state index contributed by atoms with van der Waals surface area (Å²) in [6.45, 7) is 4.86. The highest BCUT2D eigenvalue weighted by atomic mass is 32.1. The van der Waals surface area contributed by atoms with E-state index >= 15 is 0 Å². The van der Waals surface area contributed by atoms with E-state index < -0.39 is 0 Å². The van der Waals surface area contributed by atoms with Crippen molar-refractivity contribution in [2.75, 3.05) is 26.0 Å². The topological polar surface area (TPSA) is 46.0 Å².